The molecule has 0 atom stereocenters. The molecule has 5 heteroatoms. The largest absolute Gasteiger partial charge is 0.297 e. The molecule has 0 amide bonds. The standard InChI is InChI=1S/C16H19N5/c1-2-14-4-9-18-21(14)15(3-1)12-20-10-6-13(7-11-20)16-5-8-17-19-16/h1-5,8-9,13H,6-7,10-12H2,(H,17,19). The van der Waals surface area contributed by atoms with Gasteiger partial charge in [0, 0.05) is 30.6 Å². The van der Waals surface area contributed by atoms with Crippen LogP contribution in [0, 0.1) is 0 Å². The minimum atomic E-state index is 0.629. The lowest BCUT2D eigenvalue weighted by Gasteiger charge is -2.31. The van der Waals surface area contributed by atoms with Crippen molar-refractivity contribution in [1.29, 1.82) is 0 Å². The minimum absolute atomic E-state index is 0.629. The van der Waals surface area contributed by atoms with Crippen LogP contribution < -0.4 is 0 Å². The Morgan fingerprint density at radius 3 is 2.81 bits per heavy atom. The summed E-state index contributed by atoms with van der Waals surface area (Å²) in [5.41, 5.74) is 3.71. The molecule has 4 heterocycles. The number of fused-ring (bicyclic) bond motifs is 1. The van der Waals surface area contributed by atoms with Crippen LogP contribution >= 0.6 is 0 Å². The summed E-state index contributed by atoms with van der Waals surface area (Å²) in [4.78, 5) is 2.52. The summed E-state index contributed by atoms with van der Waals surface area (Å²) >= 11 is 0. The second kappa shape index (κ2) is 5.33. The number of hydrogen-bond donors (Lipinski definition) is 1. The van der Waals surface area contributed by atoms with Gasteiger partial charge in [-0.1, -0.05) is 6.07 Å². The van der Waals surface area contributed by atoms with Gasteiger partial charge in [-0.2, -0.15) is 10.2 Å². The van der Waals surface area contributed by atoms with Crippen LogP contribution in [0.15, 0.2) is 42.7 Å². The van der Waals surface area contributed by atoms with Gasteiger partial charge in [0.2, 0.25) is 0 Å². The van der Waals surface area contributed by atoms with E-state index in [9.17, 15) is 0 Å². The Morgan fingerprint density at radius 2 is 2.00 bits per heavy atom. The van der Waals surface area contributed by atoms with Crippen molar-refractivity contribution in [2.45, 2.75) is 25.3 Å². The lowest BCUT2D eigenvalue weighted by molar-refractivity contribution is 0.200. The number of nitrogens with one attached hydrogen (secondary N) is 1. The van der Waals surface area contributed by atoms with Crippen LogP contribution in [-0.2, 0) is 6.54 Å². The normalized spacial score (nSPS) is 17.5. The van der Waals surface area contributed by atoms with Gasteiger partial charge in [-0.3, -0.25) is 10.00 Å². The van der Waals surface area contributed by atoms with Crippen molar-refractivity contribution >= 4 is 5.52 Å². The molecule has 4 rings (SSSR count). The summed E-state index contributed by atoms with van der Waals surface area (Å²) in [6, 6.07) is 10.5. The molecule has 0 saturated carbocycles. The first kappa shape index (κ1) is 12.6. The number of rotatable bonds is 3. The van der Waals surface area contributed by atoms with Crippen molar-refractivity contribution in [3.63, 3.8) is 0 Å². The van der Waals surface area contributed by atoms with E-state index < -0.39 is 0 Å². The summed E-state index contributed by atoms with van der Waals surface area (Å²) in [6.07, 6.45) is 6.10. The molecule has 21 heavy (non-hydrogen) atoms. The van der Waals surface area contributed by atoms with Gasteiger partial charge in [-0.15, -0.1) is 0 Å². The van der Waals surface area contributed by atoms with E-state index in [1.165, 1.54) is 29.7 Å². The summed E-state index contributed by atoms with van der Waals surface area (Å²) in [5, 5.41) is 11.6. The van der Waals surface area contributed by atoms with Crippen molar-refractivity contribution in [2.75, 3.05) is 13.1 Å². The zero-order valence-corrected chi connectivity index (χ0v) is 11.9. The molecule has 1 saturated heterocycles. The molecule has 1 fully saturated rings. The third kappa shape index (κ3) is 2.45. The van der Waals surface area contributed by atoms with Gasteiger partial charge in [0.25, 0.3) is 0 Å². The van der Waals surface area contributed by atoms with E-state index in [0.29, 0.717) is 5.92 Å². The summed E-state index contributed by atoms with van der Waals surface area (Å²) < 4.78 is 2.04. The number of pyridine rings is 1. The van der Waals surface area contributed by atoms with E-state index in [4.69, 9.17) is 0 Å². The van der Waals surface area contributed by atoms with E-state index >= 15 is 0 Å². The predicted octanol–water partition coefficient (Wildman–Crippen LogP) is 2.44. The van der Waals surface area contributed by atoms with Crippen LogP contribution in [-0.4, -0.2) is 37.8 Å². The van der Waals surface area contributed by atoms with E-state index in [-0.39, 0.29) is 0 Å². The maximum atomic E-state index is 4.42. The number of likely N-dealkylation sites (tertiary alicyclic amines) is 1. The smallest absolute Gasteiger partial charge is 0.0665 e. The van der Waals surface area contributed by atoms with Crippen LogP contribution in [0.4, 0.5) is 0 Å². The third-order valence-corrected chi connectivity index (χ3v) is 4.43. The van der Waals surface area contributed by atoms with Gasteiger partial charge in [0.15, 0.2) is 0 Å². The maximum Gasteiger partial charge on any atom is 0.0665 e. The highest BCUT2D eigenvalue weighted by Crippen LogP contribution is 2.27. The van der Waals surface area contributed by atoms with Crippen LogP contribution in [0.5, 0.6) is 0 Å². The Labute approximate surface area is 123 Å². The average Bonchev–Trinajstić information content (AvgIpc) is 3.20. The Hall–Kier alpha value is -2.14. The molecule has 0 radical (unpaired) electrons. The van der Waals surface area contributed by atoms with Crippen LogP contribution in [0.3, 0.4) is 0 Å². The molecule has 5 nitrogen and oxygen atoms in total. The number of nitrogens with zero attached hydrogens (tertiary/aromatic N) is 4. The maximum absolute atomic E-state index is 4.42. The highest BCUT2D eigenvalue weighted by Gasteiger charge is 2.21. The fourth-order valence-corrected chi connectivity index (χ4v) is 3.25. The first-order chi connectivity index (χ1) is 10.4. The summed E-state index contributed by atoms with van der Waals surface area (Å²) in [7, 11) is 0. The molecule has 0 aliphatic carbocycles. The van der Waals surface area contributed by atoms with E-state index in [1.54, 1.807) is 0 Å². The molecule has 1 N–H and O–H groups in total. The summed E-state index contributed by atoms with van der Waals surface area (Å²) in [6.45, 7) is 3.22. The molecule has 0 spiro atoms. The van der Waals surface area contributed by atoms with Crippen molar-refractivity contribution in [2.24, 2.45) is 0 Å². The van der Waals surface area contributed by atoms with E-state index in [1.807, 2.05) is 23.0 Å². The van der Waals surface area contributed by atoms with Crippen molar-refractivity contribution in [3.8, 4) is 0 Å². The number of aromatic nitrogens is 4. The predicted molar refractivity (Wildman–Crippen MR) is 81.0 cm³/mol. The molecular formula is C16H19N5. The third-order valence-electron chi connectivity index (χ3n) is 4.43. The second-order valence-electron chi connectivity index (χ2n) is 5.75. The number of H-pyrrole nitrogens is 1. The number of piperidine rings is 1. The number of aromatic amines is 1. The molecule has 0 aromatic carbocycles. The van der Waals surface area contributed by atoms with E-state index in [2.05, 4.69) is 44.5 Å². The molecular weight excluding hydrogens is 262 g/mol. The van der Waals surface area contributed by atoms with Gasteiger partial charge in [-0.25, -0.2) is 4.52 Å². The SMILES string of the molecule is c1cc(CN2CCC(c3ccn[nH]3)CC2)n2nccc2c1. The van der Waals surface area contributed by atoms with Gasteiger partial charge in [-0.05, 0) is 50.2 Å². The topological polar surface area (TPSA) is 49.2 Å². The Bertz CT molecular complexity index is 707. The van der Waals surface area contributed by atoms with Crippen LogP contribution in [0.1, 0.15) is 30.1 Å². The highest BCUT2D eigenvalue weighted by atomic mass is 15.2. The van der Waals surface area contributed by atoms with Crippen molar-refractivity contribution in [3.05, 3.63) is 54.1 Å². The fraction of sp³-hybridized carbons (Fsp3) is 0.375. The second-order valence-corrected chi connectivity index (χ2v) is 5.75. The minimum Gasteiger partial charge on any atom is -0.297 e. The highest BCUT2D eigenvalue weighted by molar-refractivity contribution is 5.46. The summed E-state index contributed by atoms with van der Waals surface area (Å²) in [5.74, 6) is 0.629. The molecule has 3 aromatic heterocycles. The van der Waals surface area contributed by atoms with Gasteiger partial charge in [0.1, 0.15) is 0 Å². The van der Waals surface area contributed by atoms with Gasteiger partial charge in [0.05, 0.1) is 11.2 Å². The quantitative estimate of drug-likeness (QED) is 0.802. The lowest BCUT2D eigenvalue weighted by atomic mass is 9.93. The van der Waals surface area contributed by atoms with Crippen LogP contribution in [0.25, 0.3) is 5.52 Å². The lowest BCUT2D eigenvalue weighted by Crippen LogP contribution is -2.33. The van der Waals surface area contributed by atoms with E-state index in [0.717, 1.165) is 19.6 Å². The number of hydrogen-bond acceptors (Lipinski definition) is 3. The molecule has 108 valence electrons. The molecule has 1 aliphatic rings. The molecule has 3 aromatic rings. The Kier molecular flexibility index (Phi) is 3.20. The molecule has 0 unspecified atom stereocenters. The molecule has 0 bridgehead atoms. The monoisotopic (exact) mass is 281 g/mol. The Morgan fingerprint density at radius 1 is 1.10 bits per heavy atom. The van der Waals surface area contributed by atoms with Crippen molar-refractivity contribution in [1.82, 2.24) is 24.7 Å². The molecule has 1 aliphatic heterocycles. The first-order valence-electron chi connectivity index (χ1n) is 7.53. The van der Waals surface area contributed by atoms with Crippen molar-refractivity contribution < 1.29 is 0 Å². The Balaban J connectivity index is 1.44. The van der Waals surface area contributed by atoms with Gasteiger partial charge < -0.3 is 0 Å². The fourth-order valence-electron chi connectivity index (χ4n) is 3.25. The first-order valence-corrected chi connectivity index (χ1v) is 7.53. The van der Waals surface area contributed by atoms with Crippen LogP contribution in [0.2, 0.25) is 0 Å². The average molecular weight is 281 g/mol. The zero-order valence-electron chi connectivity index (χ0n) is 11.9. The zero-order chi connectivity index (χ0) is 14.1. The van der Waals surface area contributed by atoms with Gasteiger partial charge >= 0.3 is 0 Å².